The van der Waals surface area contributed by atoms with Crippen LogP contribution in [0.4, 0.5) is 15.8 Å². The van der Waals surface area contributed by atoms with Crippen LogP contribution in [0.1, 0.15) is 32.2 Å². The summed E-state index contributed by atoms with van der Waals surface area (Å²) >= 11 is 3.20. The number of benzene rings is 2. The average Bonchev–Trinajstić information content (AvgIpc) is 3.69. The molecule has 2 heterocycles. The van der Waals surface area contributed by atoms with E-state index in [2.05, 4.69) is 21.2 Å². The first-order valence-electron chi connectivity index (χ1n) is 12.0. The van der Waals surface area contributed by atoms with E-state index < -0.39 is 32.5 Å². The van der Waals surface area contributed by atoms with Gasteiger partial charge in [0.25, 0.3) is 11.1 Å². The topological polar surface area (TPSA) is 112 Å². The number of aromatic nitrogens is 3. The third-order valence-corrected chi connectivity index (χ3v) is 8.88. The van der Waals surface area contributed by atoms with Crippen molar-refractivity contribution in [2.75, 3.05) is 11.1 Å². The first-order chi connectivity index (χ1) is 18.0. The van der Waals surface area contributed by atoms with Crippen molar-refractivity contribution in [1.82, 2.24) is 13.7 Å². The van der Waals surface area contributed by atoms with Crippen molar-refractivity contribution in [1.29, 1.82) is 0 Å². The van der Waals surface area contributed by atoms with Crippen LogP contribution in [0.3, 0.4) is 0 Å². The predicted molar refractivity (Wildman–Crippen MR) is 147 cm³/mol. The number of aryl methyl sites for hydroxylation is 1. The number of pyridine rings is 1. The van der Waals surface area contributed by atoms with Crippen molar-refractivity contribution in [3.8, 4) is 5.69 Å². The van der Waals surface area contributed by atoms with Crippen LogP contribution in [0.2, 0.25) is 0 Å². The Hall–Kier alpha value is -3.51. The molecule has 0 saturated heterocycles. The number of hydrogen-bond acceptors (Lipinski definition) is 6. The van der Waals surface area contributed by atoms with Crippen molar-refractivity contribution < 1.29 is 12.8 Å². The van der Waals surface area contributed by atoms with E-state index in [0.29, 0.717) is 23.7 Å². The zero-order chi connectivity index (χ0) is 27.4. The number of fused-ring (bicyclic) bond motifs is 1. The van der Waals surface area contributed by atoms with E-state index in [1.807, 2.05) is 0 Å². The van der Waals surface area contributed by atoms with Gasteiger partial charge < -0.3 is 5.32 Å². The van der Waals surface area contributed by atoms with Crippen molar-refractivity contribution in [2.24, 2.45) is 7.05 Å². The molecule has 0 radical (unpaired) electrons. The number of nitrogens with zero attached hydrogens (tertiary/aromatic N) is 3. The molecular formula is C26H24BrFN4O5S. The van der Waals surface area contributed by atoms with E-state index in [1.54, 1.807) is 19.1 Å². The maximum absolute atomic E-state index is 14.7. The first kappa shape index (κ1) is 26.1. The number of hydrogen-bond donors (Lipinski definition) is 1. The van der Waals surface area contributed by atoms with Gasteiger partial charge >= 0.3 is 5.69 Å². The highest BCUT2D eigenvalue weighted by molar-refractivity contribution is 9.10. The third-order valence-electron chi connectivity index (χ3n) is 6.47. The Morgan fingerprint density at radius 3 is 2.45 bits per heavy atom. The van der Waals surface area contributed by atoms with Crippen molar-refractivity contribution in [3.63, 3.8) is 0 Å². The van der Waals surface area contributed by atoms with Gasteiger partial charge in [-0.05, 0) is 55.7 Å². The van der Waals surface area contributed by atoms with Crippen LogP contribution in [0.15, 0.2) is 72.3 Å². The summed E-state index contributed by atoms with van der Waals surface area (Å²) in [5, 5.41) is 2.86. The molecule has 0 unspecified atom stereocenters. The van der Waals surface area contributed by atoms with Crippen molar-refractivity contribution in [2.45, 2.75) is 37.1 Å². The molecule has 1 aliphatic carbocycles. The Morgan fingerprint density at radius 2 is 1.79 bits per heavy atom. The van der Waals surface area contributed by atoms with Gasteiger partial charge in [-0.3, -0.25) is 18.7 Å². The number of halogens is 2. The molecule has 2 aromatic heterocycles. The molecule has 1 aliphatic rings. The van der Waals surface area contributed by atoms with Crippen LogP contribution < -0.4 is 22.1 Å². The highest BCUT2D eigenvalue weighted by atomic mass is 79.9. The van der Waals surface area contributed by atoms with E-state index in [-0.39, 0.29) is 44.8 Å². The lowest BCUT2D eigenvalue weighted by atomic mass is 10.2. The molecule has 0 spiro atoms. The van der Waals surface area contributed by atoms with Gasteiger partial charge in [0, 0.05) is 23.6 Å². The summed E-state index contributed by atoms with van der Waals surface area (Å²) in [5.41, 5.74) is -1.63. The van der Waals surface area contributed by atoms with Gasteiger partial charge in [-0.2, -0.15) is 0 Å². The summed E-state index contributed by atoms with van der Waals surface area (Å²) in [4.78, 5) is 40.6. The fourth-order valence-electron chi connectivity index (χ4n) is 4.49. The third kappa shape index (κ3) is 4.51. The second-order valence-corrected chi connectivity index (χ2v) is 12.3. The van der Waals surface area contributed by atoms with E-state index in [1.165, 1.54) is 48.0 Å². The molecule has 5 rings (SSSR count). The maximum Gasteiger partial charge on any atom is 0.337 e. The highest BCUT2D eigenvalue weighted by Crippen LogP contribution is 2.34. The number of anilines is 2. The van der Waals surface area contributed by atoms with Crippen molar-refractivity contribution >= 4 is 48.2 Å². The van der Waals surface area contributed by atoms with Gasteiger partial charge in [-0.15, -0.1) is 0 Å². The molecule has 4 aromatic rings. The minimum Gasteiger partial charge on any atom is -0.352 e. The SMILES string of the molecule is CCCS(=O)(=O)c1cccc(-n2c(=O)n(C3CC3)c(=O)c3c(Nc4ccc(Br)cc4F)cc(=O)n(C)c32)c1. The van der Waals surface area contributed by atoms with Crippen LogP contribution in [0.5, 0.6) is 0 Å². The molecule has 1 fully saturated rings. The Kier molecular flexibility index (Phi) is 6.64. The summed E-state index contributed by atoms with van der Waals surface area (Å²) in [5.74, 6) is -0.684. The van der Waals surface area contributed by atoms with Crippen LogP contribution in [-0.4, -0.2) is 27.9 Å². The van der Waals surface area contributed by atoms with Gasteiger partial charge in [0.2, 0.25) is 0 Å². The van der Waals surface area contributed by atoms with Crippen LogP contribution in [-0.2, 0) is 16.9 Å². The quantitative estimate of drug-likeness (QED) is 0.342. The van der Waals surface area contributed by atoms with E-state index >= 15 is 0 Å². The Bertz CT molecular complexity index is 1890. The van der Waals surface area contributed by atoms with Crippen molar-refractivity contribution in [3.05, 3.63) is 90.0 Å². The summed E-state index contributed by atoms with van der Waals surface area (Å²) in [6, 6.07) is 11.0. The molecule has 2 aromatic carbocycles. The zero-order valence-electron chi connectivity index (χ0n) is 20.6. The van der Waals surface area contributed by atoms with Crippen LogP contribution >= 0.6 is 15.9 Å². The van der Waals surface area contributed by atoms with Gasteiger partial charge in [0.05, 0.1) is 27.7 Å². The predicted octanol–water partition coefficient (Wildman–Crippen LogP) is 4.01. The number of sulfone groups is 1. The molecule has 12 heteroatoms. The van der Waals surface area contributed by atoms with Crippen LogP contribution in [0, 0.1) is 5.82 Å². The molecular weight excluding hydrogens is 579 g/mol. The standard InChI is InChI=1S/C26H24BrFN4O5S/c1-3-11-38(36,37)18-6-4-5-17(13-18)31-24-23(25(34)32(26(31)35)16-8-9-16)21(14-22(33)30(24)2)29-20-10-7-15(27)12-19(20)28/h4-7,10,12-14,16,29H,3,8-9,11H2,1-2H3. The fourth-order valence-corrected chi connectivity index (χ4v) is 6.18. The monoisotopic (exact) mass is 602 g/mol. The molecule has 0 amide bonds. The molecule has 9 nitrogen and oxygen atoms in total. The molecule has 0 atom stereocenters. The zero-order valence-corrected chi connectivity index (χ0v) is 23.0. The largest absolute Gasteiger partial charge is 0.352 e. The molecule has 1 saturated carbocycles. The van der Waals surface area contributed by atoms with E-state index in [9.17, 15) is 27.2 Å². The highest BCUT2D eigenvalue weighted by Gasteiger charge is 2.31. The Morgan fingerprint density at radius 1 is 1.05 bits per heavy atom. The first-order valence-corrected chi connectivity index (χ1v) is 14.4. The number of rotatable bonds is 7. The van der Waals surface area contributed by atoms with Crippen LogP contribution in [0.25, 0.3) is 16.7 Å². The lowest BCUT2D eigenvalue weighted by Crippen LogP contribution is -2.41. The maximum atomic E-state index is 14.7. The fraction of sp³-hybridized carbons (Fsp3) is 0.269. The second kappa shape index (κ2) is 9.66. The molecule has 38 heavy (non-hydrogen) atoms. The van der Waals surface area contributed by atoms with Gasteiger partial charge in [-0.1, -0.05) is 28.9 Å². The van der Waals surface area contributed by atoms with Gasteiger partial charge in [0.15, 0.2) is 9.84 Å². The lowest BCUT2D eigenvalue weighted by Gasteiger charge is -2.19. The second-order valence-electron chi connectivity index (χ2n) is 9.24. The summed E-state index contributed by atoms with van der Waals surface area (Å²) in [7, 11) is -2.20. The summed E-state index contributed by atoms with van der Waals surface area (Å²) in [6.45, 7) is 1.75. The Labute approximate surface area is 225 Å². The van der Waals surface area contributed by atoms with Gasteiger partial charge in [0.1, 0.15) is 16.9 Å². The smallest absolute Gasteiger partial charge is 0.337 e. The van der Waals surface area contributed by atoms with E-state index in [0.717, 1.165) is 9.13 Å². The summed E-state index contributed by atoms with van der Waals surface area (Å²) < 4.78 is 44.3. The molecule has 1 N–H and O–H groups in total. The average molecular weight is 603 g/mol. The number of nitrogens with one attached hydrogen (secondary N) is 1. The lowest BCUT2D eigenvalue weighted by molar-refractivity contribution is 0.594. The van der Waals surface area contributed by atoms with Gasteiger partial charge in [-0.25, -0.2) is 22.2 Å². The molecule has 198 valence electrons. The minimum absolute atomic E-state index is 0.00253. The summed E-state index contributed by atoms with van der Waals surface area (Å²) in [6.07, 6.45) is 1.67. The minimum atomic E-state index is -3.61. The normalized spacial score (nSPS) is 13.7. The Balaban J connectivity index is 1.87. The molecule has 0 bridgehead atoms. The molecule has 0 aliphatic heterocycles. The van der Waals surface area contributed by atoms with E-state index in [4.69, 9.17) is 0 Å².